The van der Waals surface area contributed by atoms with E-state index in [-0.39, 0.29) is 5.71 Å². The van der Waals surface area contributed by atoms with Crippen molar-refractivity contribution in [1.29, 1.82) is 0 Å². The topological polar surface area (TPSA) is 101 Å². The number of amides is 3. The number of imide groups is 1. The van der Waals surface area contributed by atoms with Gasteiger partial charge in [-0.25, -0.2) is 9.91 Å². The van der Waals surface area contributed by atoms with Gasteiger partial charge in [-0.3, -0.25) is 14.4 Å². The number of hydrogen-bond donors (Lipinski definition) is 1. The third kappa shape index (κ3) is 3.67. The summed E-state index contributed by atoms with van der Waals surface area (Å²) in [5.74, 6) is -1.92. The molecule has 2 aliphatic heterocycles. The molecule has 3 amide bonds. The van der Waals surface area contributed by atoms with E-state index < -0.39 is 29.7 Å². The van der Waals surface area contributed by atoms with Crippen molar-refractivity contribution in [2.24, 2.45) is 11.0 Å². The van der Waals surface area contributed by atoms with Crippen LogP contribution >= 0.6 is 0 Å². The molecule has 2 heterocycles. The highest BCUT2D eigenvalue weighted by Crippen LogP contribution is 2.42. The Bertz CT molecular complexity index is 1340. The average Bonchev–Trinajstić information content (AvgIpc) is 3.41. The molecule has 2 atom stereocenters. The Morgan fingerprint density at radius 1 is 0.800 bits per heavy atom. The molecule has 1 N–H and O–H groups in total. The van der Waals surface area contributed by atoms with E-state index in [4.69, 9.17) is 9.47 Å². The van der Waals surface area contributed by atoms with Crippen LogP contribution in [0, 0.1) is 5.92 Å². The molecule has 3 aromatic carbocycles. The molecular formula is C26H22N4O5. The number of nitrogens with one attached hydrogen (secondary N) is 1. The summed E-state index contributed by atoms with van der Waals surface area (Å²) < 4.78 is 10.9. The second kappa shape index (κ2) is 8.94. The number of ether oxygens (including phenoxy) is 2. The number of para-hydroxylation sites is 5. The van der Waals surface area contributed by atoms with E-state index in [1.165, 1.54) is 19.2 Å². The molecule has 3 aromatic rings. The summed E-state index contributed by atoms with van der Waals surface area (Å²) in [6.07, 6.45) is 0. The predicted molar refractivity (Wildman–Crippen MR) is 131 cm³/mol. The van der Waals surface area contributed by atoms with Crippen LogP contribution < -0.4 is 24.7 Å². The molecule has 0 saturated carbocycles. The van der Waals surface area contributed by atoms with Gasteiger partial charge in [0.25, 0.3) is 11.8 Å². The molecule has 2 unspecified atom stereocenters. The van der Waals surface area contributed by atoms with Gasteiger partial charge in [-0.05, 0) is 36.4 Å². The van der Waals surface area contributed by atoms with Gasteiger partial charge in [0.15, 0.2) is 0 Å². The lowest BCUT2D eigenvalue weighted by Gasteiger charge is -2.24. The van der Waals surface area contributed by atoms with E-state index in [0.29, 0.717) is 28.6 Å². The van der Waals surface area contributed by atoms with Crippen molar-refractivity contribution >= 4 is 40.5 Å². The van der Waals surface area contributed by atoms with Crippen LogP contribution in [-0.2, 0) is 14.4 Å². The van der Waals surface area contributed by atoms with Crippen LogP contribution in [0.4, 0.5) is 17.1 Å². The van der Waals surface area contributed by atoms with Crippen LogP contribution in [-0.4, -0.2) is 43.7 Å². The summed E-state index contributed by atoms with van der Waals surface area (Å²) >= 11 is 0. The van der Waals surface area contributed by atoms with Crippen LogP contribution in [0.1, 0.15) is 0 Å². The van der Waals surface area contributed by atoms with Gasteiger partial charge < -0.3 is 14.8 Å². The molecule has 9 nitrogen and oxygen atoms in total. The highest BCUT2D eigenvalue weighted by molar-refractivity contribution is 6.51. The van der Waals surface area contributed by atoms with Crippen molar-refractivity contribution in [2.75, 3.05) is 29.4 Å². The molecule has 2 aliphatic rings. The summed E-state index contributed by atoms with van der Waals surface area (Å²) in [7, 11) is 2.97. The zero-order valence-electron chi connectivity index (χ0n) is 19.0. The Balaban J connectivity index is 1.60. The minimum absolute atomic E-state index is 0.0551. The monoisotopic (exact) mass is 470 g/mol. The minimum atomic E-state index is -1.11. The lowest BCUT2D eigenvalue weighted by molar-refractivity contribution is -0.122. The number of fused-ring (bicyclic) bond motifs is 1. The quantitative estimate of drug-likeness (QED) is 0.556. The lowest BCUT2D eigenvalue weighted by Crippen LogP contribution is -2.39. The zero-order valence-corrected chi connectivity index (χ0v) is 19.0. The Hall–Kier alpha value is -4.66. The minimum Gasteiger partial charge on any atom is -0.495 e. The largest absolute Gasteiger partial charge is 0.495 e. The van der Waals surface area contributed by atoms with Crippen LogP contribution in [0.2, 0.25) is 0 Å². The molecule has 0 bridgehead atoms. The average molecular weight is 470 g/mol. The van der Waals surface area contributed by atoms with Crippen molar-refractivity contribution < 1.29 is 23.9 Å². The Kier molecular flexibility index (Phi) is 5.66. The fourth-order valence-electron chi connectivity index (χ4n) is 4.39. The first-order valence-corrected chi connectivity index (χ1v) is 10.9. The molecule has 1 fully saturated rings. The first-order chi connectivity index (χ1) is 17.0. The number of hydrogen-bond acceptors (Lipinski definition) is 7. The number of hydrazone groups is 1. The second-order valence-corrected chi connectivity index (χ2v) is 7.93. The molecule has 0 aliphatic carbocycles. The fourth-order valence-corrected chi connectivity index (χ4v) is 4.39. The van der Waals surface area contributed by atoms with Crippen LogP contribution in [0.3, 0.4) is 0 Å². The lowest BCUT2D eigenvalue weighted by atomic mass is 9.97. The van der Waals surface area contributed by atoms with Crippen molar-refractivity contribution in [1.82, 2.24) is 0 Å². The number of nitrogens with zero attached hydrogens (tertiary/aromatic N) is 3. The highest BCUT2D eigenvalue weighted by atomic mass is 16.5. The van der Waals surface area contributed by atoms with Crippen LogP contribution in [0.15, 0.2) is 84.0 Å². The first kappa shape index (κ1) is 22.1. The number of carbonyl (C=O) groups excluding carboxylic acids is 3. The number of rotatable bonds is 6. The predicted octanol–water partition coefficient (Wildman–Crippen LogP) is 3.08. The molecule has 1 saturated heterocycles. The maximum atomic E-state index is 13.7. The normalized spacial score (nSPS) is 18.9. The van der Waals surface area contributed by atoms with Crippen molar-refractivity contribution in [3.8, 4) is 11.5 Å². The summed E-state index contributed by atoms with van der Waals surface area (Å²) in [4.78, 5) is 41.8. The van der Waals surface area contributed by atoms with Gasteiger partial charge in [-0.15, -0.1) is 0 Å². The Morgan fingerprint density at radius 2 is 1.37 bits per heavy atom. The molecular weight excluding hydrogens is 448 g/mol. The molecule has 5 rings (SSSR count). The van der Waals surface area contributed by atoms with Gasteiger partial charge in [0, 0.05) is 5.69 Å². The van der Waals surface area contributed by atoms with E-state index in [2.05, 4.69) is 10.4 Å². The van der Waals surface area contributed by atoms with Crippen LogP contribution in [0.25, 0.3) is 0 Å². The maximum Gasteiger partial charge on any atom is 0.272 e. The standard InChI is InChI=1S/C26H22N4O5/c1-34-19-14-8-6-12-17(19)29-25(32)21-22(24(31)27-16-10-4-3-5-11-16)28-30(23(21)26(29)33)18-13-7-9-15-20(18)35-2/h3-15,21,23H,1-2H3,(H,27,31). The number of methoxy groups -OCH3 is 2. The molecule has 0 radical (unpaired) electrons. The molecule has 35 heavy (non-hydrogen) atoms. The third-order valence-corrected chi connectivity index (χ3v) is 5.97. The Morgan fingerprint density at radius 3 is 2.03 bits per heavy atom. The van der Waals surface area contributed by atoms with Crippen molar-refractivity contribution in [3.05, 3.63) is 78.9 Å². The maximum absolute atomic E-state index is 13.7. The summed E-state index contributed by atoms with van der Waals surface area (Å²) in [6.45, 7) is 0. The van der Waals surface area contributed by atoms with E-state index in [1.807, 2.05) is 6.07 Å². The Labute approximate surface area is 201 Å². The molecule has 0 aromatic heterocycles. The number of benzene rings is 3. The smallest absolute Gasteiger partial charge is 0.272 e. The molecule has 176 valence electrons. The van der Waals surface area contributed by atoms with Gasteiger partial charge in [0.05, 0.1) is 19.9 Å². The van der Waals surface area contributed by atoms with Gasteiger partial charge in [0.2, 0.25) is 5.91 Å². The van der Waals surface area contributed by atoms with Gasteiger partial charge in [-0.2, -0.15) is 5.10 Å². The number of carbonyl (C=O) groups is 3. The van der Waals surface area contributed by atoms with Gasteiger partial charge >= 0.3 is 0 Å². The van der Waals surface area contributed by atoms with Gasteiger partial charge in [0.1, 0.15) is 34.9 Å². The van der Waals surface area contributed by atoms with E-state index >= 15 is 0 Å². The zero-order chi connectivity index (χ0) is 24.5. The third-order valence-electron chi connectivity index (χ3n) is 5.97. The van der Waals surface area contributed by atoms with E-state index in [9.17, 15) is 14.4 Å². The van der Waals surface area contributed by atoms with Crippen molar-refractivity contribution in [2.45, 2.75) is 6.04 Å². The summed E-state index contributed by atoms with van der Waals surface area (Å²) in [6, 6.07) is 21.5. The number of anilines is 3. The van der Waals surface area contributed by atoms with Crippen LogP contribution in [0.5, 0.6) is 11.5 Å². The molecule has 0 spiro atoms. The SMILES string of the molecule is COc1ccccc1N1C(=O)C2C(C(=O)Nc3ccccc3)=NN(c3ccccc3OC)C2C1=O. The van der Waals surface area contributed by atoms with E-state index in [0.717, 1.165) is 4.90 Å². The highest BCUT2D eigenvalue weighted by Gasteiger charge is 2.59. The summed E-state index contributed by atoms with van der Waals surface area (Å²) in [5, 5.41) is 8.65. The van der Waals surface area contributed by atoms with E-state index in [1.54, 1.807) is 72.8 Å². The first-order valence-electron chi connectivity index (χ1n) is 10.9. The second-order valence-electron chi connectivity index (χ2n) is 7.93. The fraction of sp³-hybridized carbons (Fsp3) is 0.154. The molecule has 9 heteroatoms. The summed E-state index contributed by atoms with van der Waals surface area (Å²) in [5.41, 5.74) is 1.27. The van der Waals surface area contributed by atoms with Crippen molar-refractivity contribution in [3.63, 3.8) is 0 Å². The van der Waals surface area contributed by atoms with Gasteiger partial charge in [-0.1, -0.05) is 42.5 Å².